The van der Waals surface area contributed by atoms with E-state index in [9.17, 15) is 14.7 Å². The van der Waals surface area contributed by atoms with Crippen LogP contribution in [0.4, 0.5) is 0 Å². The number of hydrogen-bond donors (Lipinski definition) is 2. The zero-order valence-corrected chi connectivity index (χ0v) is 12.9. The lowest BCUT2D eigenvalue weighted by Crippen LogP contribution is -2.55. The van der Waals surface area contributed by atoms with Crippen molar-refractivity contribution in [2.45, 2.75) is 52.5 Å². The molecule has 2 atom stereocenters. The van der Waals surface area contributed by atoms with Gasteiger partial charge in [0.2, 0.25) is 5.91 Å². The molecular weight excluding hydrogens is 272 g/mol. The van der Waals surface area contributed by atoms with Gasteiger partial charge in [-0.2, -0.15) is 0 Å². The van der Waals surface area contributed by atoms with Gasteiger partial charge in [-0.25, -0.2) is 4.79 Å². The highest BCUT2D eigenvalue weighted by molar-refractivity contribution is 5.88. The maximum atomic E-state index is 12.3. The van der Waals surface area contributed by atoms with Crippen LogP contribution in [0.25, 0.3) is 0 Å². The Bertz CT molecular complexity index is 543. The van der Waals surface area contributed by atoms with E-state index >= 15 is 0 Å². The number of carboxylic acids is 1. The largest absolute Gasteiger partial charge is 0.480 e. The quantitative estimate of drug-likeness (QED) is 0.835. The van der Waals surface area contributed by atoms with Gasteiger partial charge in [-0.05, 0) is 46.0 Å². The number of nitrogens with zero attached hydrogens (tertiary/aromatic N) is 1. The summed E-state index contributed by atoms with van der Waals surface area (Å²) in [6.07, 6.45) is 2.19. The van der Waals surface area contributed by atoms with Crippen LogP contribution in [-0.2, 0) is 16.0 Å². The van der Waals surface area contributed by atoms with Crippen LogP contribution in [-0.4, -0.2) is 27.7 Å². The number of aliphatic carboxylic acids is 1. The minimum absolute atomic E-state index is 0.0326. The molecular formula is C15H22N2O4. The van der Waals surface area contributed by atoms with E-state index in [1.807, 2.05) is 13.8 Å². The van der Waals surface area contributed by atoms with Gasteiger partial charge >= 0.3 is 5.97 Å². The van der Waals surface area contributed by atoms with E-state index in [1.165, 1.54) is 0 Å². The summed E-state index contributed by atoms with van der Waals surface area (Å²) >= 11 is 0. The van der Waals surface area contributed by atoms with Gasteiger partial charge in [0.25, 0.3) is 0 Å². The third kappa shape index (κ3) is 3.09. The van der Waals surface area contributed by atoms with Crippen LogP contribution in [0.2, 0.25) is 0 Å². The molecule has 0 spiro atoms. The first kappa shape index (κ1) is 15.5. The number of nitrogens with one attached hydrogen (secondary N) is 1. The normalized spacial score (nSPS) is 18.9. The number of amides is 1. The Morgan fingerprint density at radius 3 is 2.52 bits per heavy atom. The topological polar surface area (TPSA) is 92.4 Å². The number of hydrogen-bond acceptors (Lipinski definition) is 4. The van der Waals surface area contributed by atoms with Crippen LogP contribution < -0.4 is 5.32 Å². The minimum atomic E-state index is -1.16. The van der Waals surface area contributed by atoms with Crippen LogP contribution in [0, 0.1) is 25.7 Å². The van der Waals surface area contributed by atoms with Gasteiger partial charge in [0.05, 0.1) is 5.69 Å². The minimum Gasteiger partial charge on any atom is -0.480 e. The highest BCUT2D eigenvalue weighted by Gasteiger charge is 2.48. The van der Waals surface area contributed by atoms with E-state index in [0.717, 1.165) is 24.1 Å². The average Bonchev–Trinajstić information content (AvgIpc) is 3.21. The van der Waals surface area contributed by atoms with E-state index in [1.54, 1.807) is 13.8 Å². The number of carbonyl (C=O) groups excluding carboxylic acids is 1. The van der Waals surface area contributed by atoms with Gasteiger partial charge < -0.3 is 14.9 Å². The van der Waals surface area contributed by atoms with E-state index < -0.39 is 11.5 Å². The zero-order chi connectivity index (χ0) is 15.8. The summed E-state index contributed by atoms with van der Waals surface area (Å²) in [4.78, 5) is 23.8. The molecule has 2 N–H and O–H groups in total. The SMILES string of the molecule is Cc1noc(C)c1C[C@H](C)C(=O)N[C@@](C)(C(=O)O)C1CC1. The zero-order valence-electron chi connectivity index (χ0n) is 12.9. The number of carboxylic acid groups (broad SMARTS) is 1. The molecule has 1 saturated carbocycles. The monoisotopic (exact) mass is 294 g/mol. The average molecular weight is 294 g/mol. The van der Waals surface area contributed by atoms with Gasteiger partial charge in [-0.3, -0.25) is 4.79 Å². The molecule has 1 amide bonds. The van der Waals surface area contributed by atoms with Crippen molar-refractivity contribution in [3.05, 3.63) is 17.0 Å². The van der Waals surface area contributed by atoms with Gasteiger partial charge in [-0.15, -0.1) is 0 Å². The van der Waals surface area contributed by atoms with Crippen LogP contribution >= 0.6 is 0 Å². The Kier molecular flexibility index (Phi) is 4.07. The summed E-state index contributed by atoms with van der Waals surface area (Å²) < 4.78 is 5.09. The van der Waals surface area contributed by atoms with Crippen molar-refractivity contribution in [2.24, 2.45) is 11.8 Å². The molecule has 0 aromatic carbocycles. The summed E-state index contributed by atoms with van der Waals surface area (Å²) in [7, 11) is 0. The summed E-state index contributed by atoms with van der Waals surface area (Å²) in [5.41, 5.74) is 0.529. The smallest absolute Gasteiger partial charge is 0.329 e. The molecule has 6 heteroatoms. The highest BCUT2D eigenvalue weighted by Crippen LogP contribution is 2.40. The summed E-state index contributed by atoms with van der Waals surface area (Å²) in [5, 5.41) is 16.0. The molecule has 0 aliphatic heterocycles. The number of rotatable bonds is 6. The lowest BCUT2D eigenvalue weighted by Gasteiger charge is -2.27. The van der Waals surface area contributed by atoms with Crippen molar-refractivity contribution in [3.63, 3.8) is 0 Å². The molecule has 1 aliphatic carbocycles. The van der Waals surface area contributed by atoms with Gasteiger partial charge in [0.15, 0.2) is 0 Å². The molecule has 116 valence electrons. The molecule has 6 nitrogen and oxygen atoms in total. The van der Waals surface area contributed by atoms with Crippen molar-refractivity contribution in [1.29, 1.82) is 0 Å². The highest BCUT2D eigenvalue weighted by atomic mass is 16.5. The van der Waals surface area contributed by atoms with Crippen molar-refractivity contribution in [2.75, 3.05) is 0 Å². The van der Waals surface area contributed by atoms with Crippen molar-refractivity contribution in [1.82, 2.24) is 10.5 Å². The molecule has 2 rings (SSSR count). The molecule has 1 aliphatic rings. The van der Waals surface area contributed by atoms with E-state index in [-0.39, 0.29) is 17.7 Å². The lowest BCUT2D eigenvalue weighted by molar-refractivity contribution is -0.148. The standard InChI is InChI=1S/C15H22N2O4/c1-8(7-12-9(2)17-21-10(12)3)13(18)16-15(4,14(19)20)11-5-6-11/h8,11H,5-7H2,1-4H3,(H,16,18)(H,19,20)/t8-,15+/m0/s1. The molecule has 0 radical (unpaired) electrons. The van der Waals surface area contributed by atoms with Crippen LogP contribution in [0.1, 0.15) is 43.7 Å². The van der Waals surface area contributed by atoms with E-state index in [2.05, 4.69) is 10.5 Å². The molecule has 1 aromatic heterocycles. The predicted octanol–water partition coefficient (Wildman–Crippen LogP) is 1.84. The van der Waals surface area contributed by atoms with Crippen LogP contribution in [0.3, 0.4) is 0 Å². The predicted molar refractivity (Wildman–Crippen MR) is 75.8 cm³/mol. The Hall–Kier alpha value is -1.85. The fraction of sp³-hybridized carbons (Fsp3) is 0.667. The Balaban J connectivity index is 2.04. The first-order valence-corrected chi connectivity index (χ1v) is 7.23. The van der Waals surface area contributed by atoms with Crippen molar-refractivity contribution < 1.29 is 19.2 Å². The van der Waals surface area contributed by atoms with Gasteiger partial charge in [-0.1, -0.05) is 12.1 Å². The molecule has 1 heterocycles. The summed E-state index contributed by atoms with van der Waals surface area (Å²) in [6.45, 7) is 7.03. The molecule has 0 bridgehead atoms. The lowest BCUT2D eigenvalue weighted by atomic mass is 9.93. The molecule has 21 heavy (non-hydrogen) atoms. The maximum Gasteiger partial charge on any atom is 0.329 e. The maximum absolute atomic E-state index is 12.3. The van der Waals surface area contributed by atoms with Gasteiger partial charge in [0, 0.05) is 11.5 Å². The number of aryl methyl sites for hydroxylation is 2. The fourth-order valence-electron chi connectivity index (χ4n) is 2.56. The molecule has 1 fully saturated rings. The Labute approximate surface area is 123 Å². The van der Waals surface area contributed by atoms with Gasteiger partial charge in [0.1, 0.15) is 11.3 Å². The third-order valence-corrected chi connectivity index (χ3v) is 4.36. The third-order valence-electron chi connectivity index (χ3n) is 4.36. The Morgan fingerprint density at radius 2 is 2.10 bits per heavy atom. The number of carbonyl (C=O) groups is 2. The molecule has 1 aromatic rings. The van der Waals surface area contributed by atoms with Crippen molar-refractivity contribution in [3.8, 4) is 0 Å². The van der Waals surface area contributed by atoms with Crippen molar-refractivity contribution >= 4 is 11.9 Å². The Morgan fingerprint density at radius 1 is 1.48 bits per heavy atom. The molecule has 0 saturated heterocycles. The first-order valence-electron chi connectivity index (χ1n) is 7.23. The summed E-state index contributed by atoms with van der Waals surface area (Å²) in [5.74, 6) is -0.811. The second kappa shape index (κ2) is 5.50. The van der Waals surface area contributed by atoms with E-state index in [0.29, 0.717) is 12.2 Å². The second-order valence-electron chi connectivity index (χ2n) is 6.18. The number of aromatic nitrogens is 1. The second-order valence-corrected chi connectivity index (χ2v) is 6.18. The molecule has 0 unspecified atom stereocenters. The van der Waals surface area contributed by atoms with E-state index in [4.69, 9.17) is 4.52 Å². The first-order chi connectivity index (χ1) is 9.75. The fourth-order valence-corrected chi connectivity index (χ4v) is 2.56. The van der Waals surface area contributed by atoms with Crippen LogP contribution in [0.15, 0.2) is 4.52 Å². The summed E-state index contributed by atoms with van der Waals surface area (Å²) in [6, 6.07) is 0. The van der Waals surface area contributed by atoms with Crippen LogP contribution in [0.5, 0.6) is 0 Å².